The van der Waals surface area contributed by atoms with Crippen molar-refractivity contribution < 1.29 is 9.47 Å². The molecule has 166 valence electrons. The predicted octanol–water partition coefficient (Wildman–Crippen LogP) is 2.55. The fraction of sp³-hybridized carbons (Fsp3) is 0.714. The summed E-state index contributed by atoms with van der Waals surface area (Å²) in [6.45, 7) is 7.76. The number of aromatic nitrogens is 1. The lowest BCUT2D eigenvalue weighted by atomic mass is 10.0. The third-order valence-electron chi connectivity index (χ3n) is 5.04. The molecule has 8 heteroatoms. The Morgan fingerprint density at radius 2 is 1.93 bits per heavy atom. The van der Waals surface area contributed by atoms with Gasteiger partial charge >= 0.3 is 0 Å². The van der Waals surface area contributed by atoms with Crippen molar-refractivity contribution in [1.29, 1.82) is 0 Å². The third kappa shape index (κ3) is 10.5. The van der Waals surface area contributed by atoms with Gasteiger partial charge in [0.1, 0.15) is 0 Å². The van der Waals surface area contributed by atoms with Crippen molar-refractivity contribution in [3.05, 3.63) is 34.2 Å². The highest BCUT2D eigenvalue weighted by atomic mass is 127. The number of halogens is 1. The molecule has 2 N–H and O–H groups in total. The van der Waals surface area contributed by atoms with Crippen molar-refractivity contribution in [2.75, 3.05) is 46.6 Å². The number of hydrogen-bond donors (Lipinski definition) is 2. The molecule has 1 aromatic rings. The number of guanidine groups is 1. The molecule has 1 aromatic heterocycles. The van der Waals surface area contributed by atoms with Crippen molar-refractivity contribution in [2.24, 2.45) is 10.9 Å². The highest BCUT2D eigenvalue weighted by molar-refractivity contribution is 14.0. The van der Waals surface area contributed by atoms with E-state index in [1.54, 1.807) is 19.2 Å². The van der Waals surface area contributed by atoms with Crippen molar-refractivity contribution in [3.8, 4) is 0 Å². The maximum absolute atomic E-state index is 11.8. The lowest BCUT2D eigenvalue weighted by Crippen LogP contribution is -2.38. The first kappa shape index (κ1) is 25.9. The summed E-state index contributed by atoms with van der Waals surface area (Å²) < 4.78 is 13.0. The number of ether oxygens (including phenoxy) is 2. The molecule has 1 aliphatic heterocycles. The van der Waals surface area contributed by atoms with Crippen LogP contribution < -0.4 is 16.2 Å². The molecule has 0 radical (unpaired) electrons. The first-order chi connectivity index (χ1) is 13.7. The molecule has 0 unspecified atom stereocenters. The van der Waals surface area contributed by atoms with Gasteiger partial charge in [-0.05, 0) is 51.0 Å². The van der Waals surface area contributed by atoms with Crippen LogP contribution in [0.4, 0.5) is 0 Å². The highest BCUT2D eigenvalue weighted by Gasteiger charge is 2.13. The summed E-state index contributed by atoms with van der Waals surface area (Å²) in [6.07, 6.45) is 5.13. The van der Waals surface area contributed by atoms with Crippen LogP contribution in [0.1, 0.15) is 37.8 Å². The zero-order valence-electron chi connectivity index (χ0n) is 17.8. The van der Waals surface area contributed by atoms with Crippen molar-refractivity contribution >= 4 is 29.9 Å². The van der Waals surface area contributed by atoms with Gasteiger partial charge in [0, 0.05) is 64.9 Å². The van der Waals surface area contributed by atoms with Gasteiger partial charge in [0.05, 0.1) is 0 Å². The zero-order chi connectivity index (χ0) is 20.0. The average Bonchev–Trinajstić information content (AvgIpc) is 2.71. The standard InChI is InChI=1S/C21H36N4O3.HI/c1-18-7-5-8-20(26)25(18)13-4-3-11-23-21(22-2)24-12-6-14-28-17-19-9-15-27-16-10-19;/h5,7-8,19H,3-4,6,9-17H2,1-2H3,(H2,22,23,24);1H. The summed E-state index contributed by atoms with van der Waals surface area (Å²) in [5.41, 5.74) is 1.08. The summed E-state index contributed by atoms with van der Waals surface area (Å²) in [7, 11) is 1.78. The average molecular weight is 520 g/mol. The van der Waals surface area contributed by atoms with Crippen LogP contribution in [0.25, 0.3) is 0 Å². The molecular weight excluding hydrogens is 483 g/mol. The van der Waals surface area contributed by atoms with Gasteiger partial charge in [-0.25, -0.2) is 0 Å². The second kappa shape index (κ2) is 15.7. The zero-order valence-corrected chi connectivity index (χ0v) is 20.2. The summed E-state index contributed by atoms with van der Waals surface area (Å²) in [5.74, 6) is 1.48. The third-order valence-corrected chi connectivity index (χ3v) is 5.04. The molecule has 7 nitrogen and oxygen atoms in total. The molecule has 1 aliphatic rings. The van der Waals surface area contributed by atoms with Crippen LogP contribution in [0.15, 0.2) is 28.0 Å². The van der Waals surface area contributed by atoms with E-state index in [0.29, 0.717) is 5.92 Å². The Kier molecular flexibility index (Phi) is 14.0. The van der Waals surface area contributed by atoms with Crippen molar-refractivity contribution in [1.82, 2.24) is 15.2 Å². The van der Waals surface area contributed by atoms with E-state index in [2.05, 4.69) is 15.6 Å². The van der Waals surface area contributed by atoms with E-state index in [0.717, 1.165) is 89.8 Å². The first-order valence-electron chi connectivity index (χ1n) is 10.5. The van der Waals surface area contributed by atoms with Crippen molar-refractivity contribution in [3.63, 3.8) is 0 Å². The SMILES string of the molecule is CN=C(NCCCCn1c(C)cccc1=O)NCCCOCC1CCOCC1.I. The summed E-state index contributed by atoms with van der Waals surface area (Å²) in [6, 6.07) is 5.39. The minimum absolute atomic E-state index is 0. The van der Waals surface area contributed by atoms with E-state index in [9.17, 15) is 4.79 Å². The summed E-state index contributed by atoms with van der Waals surface area (Å²) >= 11 is 0. The number of nitrogens with one attached hydrogen (secondary N) is 2. The Labute approximate surface area is 191 Å². The number of unbranched alkanes of at least 4 members (excludes halogenated alkanes) is 1. The largest absolute Gasteiger partial charge is 0.381 e. The fourth-order valence-corrected chi connectivity index (χ4v) is 3.28. The topological polar surface area (TPSA) is 76.9 Å². The molecule has 0 bridgehead atoms. The van der Waals surface area contributed by atoms with Crippen LogP contribution >= 0.6 is 24.0 Å². The van der Waals surface area contributed by atoms with Crippen LogP contribution in [0.2, 0.25) is 0 Å². The number of aliphatic imine (C=N–C) groups is 1. The van der Waals surface area contributed by atoms with Gasteiger partial charge in [0.2, 0.25) is 0 Å². The number of rotatable bonds is 11. The predicted molar refractivity (Wildman–Crippen MR) is 128 cm³/mol. The molecule has 2 rings (SSSR count). The molecule has 2 heterocycles. The second-order valence-corrected chi connectivity index (χ2v) is 7.27. The van der Waals surface area contributed by atoms with Crippen LogP contribution in [0, 0.1) is 12.8 Å². The Bertz CT molecular complexity index is 645. The number of aryl methyl sites for hydroxylation is 1. The van der Waals surface area contributed by atoms with E-state index >= 15 is 0 Å². The van der Waals surface area contributed by atoms with Crippen molar-refractivity contribution in [2.45, 2.75) is 45.6 Å². The molecule has 0 aromatic carbocycles. The normalized spacial score (nSPS) is 15.0. The number of nitrogens with zero attached hydrogens (tertiary/aromatic N) is 2. The summed E-state index contributed by atoms with van der Waals surface area (Å²) in [5, 5.41) is 6.64. The Morgan fingerprint density at radius 3 is 2.62 bits per heavy atom. The van der Waals surface area contributed by atoms with E-state index < -0.39 is 0 Å². The lowest BCUT2D eigenvalue weighted by Gasteiger charge is -2.21. The molecule has 0 saturated carbocycles. The molecule has 0 spiro atoms. The highest BCUT2D eigenvalue weighted by Crippen LogP contribution is 2.14. The van der Waals surface area contributed by atoms with Crippen LogP contribution in [-0.2, 0) is 16.0 Å². The quantitative estimate of drug-likeness (QED) is 0.203. The monoisotopic (exact) mass is 520 g/mol. The second-order valence-electron chi connectivity index (χ2n) is 7.27. The maximum atomic E-state index is 11.8. The van der Waals surface area contributed by atoms with Gasteiger partial charge in [-0.2, -0.15) is 0 Å². The molecule has 29 heavy (non-hydrogen) atoms. The lowest BCUT2D eigenvalue weighted by molar-refractivity contribution is 0.0203. The van der Waals surface area contributed by atoms with E-state index in [1.165, 1.54) is 0 Å². The summed E-state index contributed by atoms with van der Waals surface area (Å²) in [4.78, 5) is 16.1. The Morgan fingerprint density at radius 1 is 1.21 bits per heavy atom. The van der Waals surface area contributed by atoms with Crippen LogP contribution in [-0.4, -0.2) is 57.1 Å². The molecule has 0 aliphatic carbocycles. The van der Waals surface area contributed by atoms with Gasteiger partial charge in [0.15, 0.2) is 5.96 Å². The number of pyridine rings is 1. The molecule has 1 fully saturated rings. The molecule has 0 amide bonds. The minimum Gasteiger partial charge on any atom is -0.381 e. The molecular formula is C21H37IN4O3. The molecule has 0 atom stereocenters. The Balaban J connectivity index is 0.00000420. The fourth-order valence-electron chi connectivity index (χ4n) is 3.28. The van der Waals surface area contributed by atoms with E-state index in [4.69, 9.17) is 9.47 Å². The van der Waals surface area contributed by atoms with Crippen LogP contribution in [0.3, 0.4) is 0 Å². The smallest absolute Gasteiger partial charge is 0.250 e. The van der Waals surface area contributed by atoms with Gasteiger partial charge < -0.3 is 24.7 Å². The van der Waals surface area contributed by atoms with E-state index in [-0.39, 0.29) is 29.5 Å². The van der Waals surface area contributed by atoms with E-state index in [1.807, 2.05) is 17.6 Å². The minimum atomic E-state index is 0. The first-order valence-corrected chi connectivity index (χ1v) is 10.5. The maximum Gasteiger partial charge on any atom is 0.250 e. The molecule has 1 saturated heterocycles. The van der Waals surface area contributed by atoms with Gasteiger partial charge in [-0.3, -0.25) is 9.79 Å². The van der Waals surface area contributed by atoms with Gasteiger partial charge in [-0.1, -0.05) is 6.07 Å². The Hall–Kier alpha value is -1.13. The van der Waals surface area contributed by atoms with Gasteiger partial charge in [0.25, 0.3) is 5.56 Å². The van der Waals surface area contributed by atoms with Crippen LogP contribution in [0.5, 0.6) is 0 Å². The number of hydrogen-bond acceptors (Lipinski definition) is 4. The van der Waals surface area contributed by atoms with Gasteiger partial charge in [-0.15, -0.1) is 24.0 Å².